The summed E-state index contributed by atoms with van der Waals surface area (Å²) in [5, 5.41) is 3.78. The lowest BCUT2D eigenvalue weighted by atomic mass is 10.2. The summed E-state index contributed by atoms with van der Waals surface area (Å²) >= 11 is 0. The van der Waals surface area contributed by atoms with Gasteiger partial charge in [-0.2, -0.15) is 13.4 Å². The van der Waals surface area contributed by atoms with Gasteiger partial charge in [-0.3, -0.25) is 4.55 Å². The highest BCUT2D eigenvalue weighted by Gasteiger charge is 2.10. The number of aryl methyl sites for hydroxylation is 1. The van der Waals surface area contributed by atoms with Gasteiger partial charge in [0.15, 0.2) is 18.9 Å². The van der Waals surface area contributed by atoms with E-state index in [1.54, 1.807) is 36.0 Å². The quantitative estimate of drug-likeness (QED) is 0.616. The molecule has 0 aliphatic heterocycles. The molecule has 0 unspecified atom stereocenters. The number of hydrogen-bond acceptors (Lipinski definition) is 6. The number of nitrogens with zero attached hydrogens (tertiary/aromatic N) is 3. The van der Waals surface area contributed by atoms with Crippen LogP contribution in [0.3, 0.4) is 0 Å². The van der Waals surface area contributed by atoms with Gasteiger partial charge in [-0.1, -0.05) is 5.16 Å². The van der Waals surface area contributed by atoms with Gasteiger partial charge >= 0.3 is 10.4 Å². The van der Waals surface area contributed by atoms with Gasteiger partial charge in [0.2, 0.25) is 11.7 Å². The van der Waals surface area contributed by atoms with Gasteiger partial charge in [-0.25, -0.2) is 8.75 Å². The predicted molar refractivity (Wildman–Crippen MR) is 62.2 cm³/mol. The van der Waals surface area contributed by atoms with E-state index in [1.165, 1.54) is 0 Å². The molecule has 0 aromatic carbocycles. The van der Waals surface area contributed by atoms with Crippen LogP contribution in [0, 0.1) is 6.92 Å². The SMILES string of the molecule is Cc1nc(-c2cc[n+](CCOS(=O)(=O)O)cc2)no1. The second-order valence-electron chi connectivity index (χ2n) is 3.71. The molecule has 0 saturated carbocycles. The van der Waals surface area contributed by atoms with Gasteiger partial charge in [-0.05, 0) is 0 Å². The van der Waals surface area contributed by atoms with E-state index in [0.29, 0.717) is 11.7 Å². The van der Waals surface area contributed by atoms with Crippen LogP contribution in [0.5, 0.6) is 0 Å². The second kappa shape index (κ2) is 5.43. The van der Waals surface area contributed by atoms with Crippen LogP contribution in [0.15, 0.2) is 29.0 Å². The maximum atomic E-state index is 10.4. The minimum Gasteiger partial charge on any atom is -0.339 e. The van der Waals surface area contributed by atoms with Crippen LogP contribution in [0.25, 0.3) is 11.4 Å². The summed E-state index contributed by atoms with van der Waals surface area (Å²) in [7, 11) is -4.39. The van der Waals surface area contributed by atoms with Crippen LogP contribution in [-0.2, 0) is 21.1 Å². The number of aromatic nitrogens is 3. The molecule has 0 radical (unpaired) electrons. The Morgan fingerprint density at radius 1 is 1.42 bits per heavy atom. The molecule has 0 saturated heterocycles. The van der Waals surface area contributed by atoms with Gasteiger partial charge in [0, 0.05) is 24.6 Å². The minimum atomic E-state index is -4.39. The first-order valence-electron chi connectivity index (χ1n) is 5.36. The summed E-state index contributed by atoms with van der Waals surface area (Å²) in [4.78, 5) is 4.08. The molecular weight excluding hydrogens is 274 g/mol. The van der Waals surface area contributed by atoms with Gasteiger partial charge < -0.3 is 4.52 Å². The largest absolute Gasteiger partial charge is 0.397 e. The molecule has 0 aliphatic rings. The van der Waals surface area contributed by atoms with E-state index in [9.17, 15) is 8.42 Å². The molecule has 0 atom stereocenters. The zero-order valence-corrected chi connectivity index (χ0v) is 10.9. The van der Waals surface area contributed by atoms with Crippen LogP contribution in [0.2, 0.25) is 0 Å². The highest BCUT2D eigenvalue weighted by molar-refractivity contribution is 7.80. The maximum Gasteiger partial charge on any atom is 0.397 e. The van der Waals surface area contributed by atoms with E-state index in [0.717, 1.165) is 5.56 Å². The lowest BCUT2D eigenvalue weighted by Gasteiger charge is -1.98. The molecule has 9 heteroatoms. The summed E-state index contributed by atoms with van der Waals surface area (Å²) in [6, 6.07) is 3.52. The molecule has 2 rings (SSSR count). The van der Waals surface area contributed by atoms with Crippen LogP contribution >= 0.6 is 0 Å². The molecule has 8 nitrogen and oxygen atoms in total. The molecular formula is C10H12N3O5S+. The van der Waals surface area contributed by atoms with Crippen molar-refractivity contribution in [2.75, 3.05) is 6.61 Å². The Morgan fingerprint density at radius 3 is 2.63 bits per heavy atom. The molecule has 0 amide bonds. The van der Waals surface area contributed by atoms with Crippen LogP contribution in [-0.4, -0.2) is 29.7 Å². The summed E-state index contributed by atoms with van der Waals surface area (Å²) in [5.41, 5.74) is 0.781. The van der Waals surface area contributed by atoms with Crippen molar-refractivity contribution >= 4 is 10.4 Å². The monoisotopic (exact) mass is 286 g/mol. The Morgan fingerprint density at radius 2 is 2.11 bits per heavy atom. The van der Waals surface area contributed by atoms with E-state index in [2.05, 4.69) is 14.3 Å². The van der Waals surface area contributed by atoms with Gasteiger partial charge in [-0.15, -0.1) is 0 Å². The van der Waals surface area contributed by atoms with E-state index >= 15 is 0 Å². The minimum absolute atomic E-state index is 0.149. The van der Waals surface area contributed by atoms with E-state index in [4.69, 9.17) is 9.08 Å². The Bertz CT molecular complexity index is 650. The Hall–Kier alpha value is -1.84. The van der Waals surface area contributed by atoms with E-state index in [1.807, 2.05) is 0 Å². The smallest absolute Gasteiger partial charge is 0.339 e. The lowest BCUT2D eigenvalue weighted by molar-refractivity contribution is -0.697. The van der Waals surface area contributed by atoms with Gasteiger partial charge in [0.05, 0.1) is 0 Å². The third kappa shape index (κ3) is 4.09. The fraction of sp³-hybridized carbons (Fsp3) is 0.300. The van der Waals surface area contributed by atoms with Crippen LogP contribution < -0.4 is 4.57 Å². The zero-order valence-electron chi connectivity index (χ0n) is 10.1. The number of hydrogen-bond donors (Lipinski definition) is 1. The van der Waals surface area contributed by atoms with Crippen molar-refractivity contribution < 1.29 is 26.2 Å². The van der Waals surface area contributed by atoms with Gasteiger partial charge in [0.25, 0.3) is 0 Å². The first kappa shape index (κ1) is 13.6. The van der Waals surface area contributed by atoms with E-state index in [-0.39, 0.29) is 13.2 Å². The lowest BCUT2D eigenvalue weighted by Crippen LogP contribution is -2.35. The molecule has 2 aromatic rings. The van der Waals surface area contributed by atoms with E-state index < -0.39 is 10.4 Å². The predicted octanol–water partition coefficient (Wildman–Crippen LogP) is 0.152. The van der Waals surface area contributed by atoms with Gasteiger partial charge in [0.1, 0.15) is 6.61 Å². The van der Waals surface area contributed by atoms with Crippen molar-refractivity contribution in [1.82, 2.24) is 10.1 Å². The second-order valence-corrected chi connectivity index (χ2v) is 4.80. The Kier molecular flexibility index (Phi) is 3.88. The van der Waals surface area contributed by atoms with Crippen molar-refractivity contribution in [2.45, 2.75) is 13.5 Å². The van der Waals surface area contributed by atoms with Crippen molar-refractivity contribution in [3.8, 4) is 11.4 Å². The number of rotatable bonds is 5. The molecule has 2 heterocycles. The van der Waals surface area contributed by atoms with Crippen LogP contribution in [0.4, 0.5) is 0 Å². The average Bonchev–Trinajstić information content (AvgIpc) is 2.75. The van der Waals surface area contributed by atoms with Crippen molar-refractivity contribution in [3.05, 3.63) is 30.4 Å². The standard InChI is InChI=1S/C10H11N3O5S/c1-8-11-10(12-18-8)9-2-4-13(5-3-9)6-7-17-19(14,15)16/h2-5H,6-7H2,1H3/p+1. The molecule has 1 N–H and O–H groups in total. The normalized spacial score (nSPS) is 11.7. The summed E-state index contributed by atoms with van der Waals surface area (Å²) in [6.45, 7) is 1.84. The Labute approximate surface area is 109 Å². The highest BCUT2D eigenvalue weighted by Crippen LogP contribution is 2.12. The molecule has 0 fully saturated rings. The topological polar surface area (TPSA) is 106 Å². The van der Waals surface area contributed by atoms with Crippen molar-refractivity contribution in [3.63, 3.8) is 0 Å². The summed E-state index contributed by atoms with van der Waals surface area (Å²) in [5.74, 6) is 0.965. The fourth-order valence-electron chi connectivity index (χ4n) is 1.42. The van der Waals surface area contributed by atoms with Crippen LogP contribution in [0.1, 0.15) is 5.89 Å². The molecule has 0 aliphatic carbocycles. The zero-order chi connectivity index (χ0) is 13.9. The summed E-state index contributed by atoms with van der Waals surface area (Å²) in [6.07, 6.45) is 3.43. The third-order valence-electron chi connectivity index (χ3n) is 2.26. The molecule has 102 valence electrons. The first-order chi connectivity index (χ1) is 8.94. The maximum absolute atomic E-state index is 10.4. The first-order valence-corrected chi connectivity index (χ1v) is 6.72. The molecule has 0 bridgehead atoms. The molecule has 19 heavy (non-hydrogen) atoms. The number of pyridine rings is 1. The van der Waals surface area contributed by atoms with Crippen molar-refractivity contribution in [1.29, 1.82) is 0 Å². The molecule has 2 aromatic heterocycles. The van der Waals surface area contributed by atoms with Crippen molar-refractivity contribution in [2.24, 2.45) is 0 Å². The fourth-order valence-corrected chi connectivity index (χ4v) is 1.71. The highest BCUT2D eigenvalue weighted by atomic mass is 32.3. The summed E-state index contributed by atoms with van der Waals surface area (Å²) < 4.78 is 39.9. The third-order valence-corrected chi connectivity index (χ3v) is 2.72. The molecule has 0 spiro atoms. The Balaban J connectivity index is 1.99. The average molecular weight is 286 g/mol.